The summed E-state index contributed by atoms with van der Waals surface area (Å²) in [4.78, 5) is 30.2. The Morgan fingerprint density at radius 3 is 2.80 bits per heavy atom. The number of piperidine rings is 1. The first kappa shape index (κ1) is 17.5. The maximum absolute atomic E-state index is 13.3. The number of hydrogen-bond acceptors (Lipinski definition) is 5. The first-order valence-electron chi connectivity index (χ1n) is 8.13. The zero-order chi connectivity index (χ0) is 17.8. The summed E-state index contributed by atoms with van der Waals surface area (Å²) in [5, 5.41) is 2.53. The number of methoxy groups -OCH3 is 1. The molecule has 0 radical (unpaired) electrons. The maximum atomic E-state index is 13.3. The third-order valence-electron chi connectivity index (χ3n) is 4.34. The molecule has 25 heavy (non-hydrogen) atoms. The molecule has 0 bridgehead atoms. The molecule has 0 aliphatic carbocycles. The van der Waals surface area contributed by atoms with Crippen LogP contribution in [-0.2, 0) is 20.7 Å². The van der Waals surface area contributed by atoms with Crippen LogP contribution in [0.25, 0.3) is 10.6 Å². The number of carbonyl (C=O) groups excluding carboxylic acids is 2. The van der Waals surface area contributed by atoms with Gasteiger partial charge in [-0.05, 0) is 25.0 Å². The topological polar surface area (TPSA) is 59.5 Å². The smallest absolute Gasteiger partial charge is 0.308 e. The van der Waals surface area contributed by atoms with Gasteiger partial charge in [-0.25, -0.2) is 9.37 Å². The Kier molecular flexibility index (Phi) is 5.43. The normalized spacial score (nSPS) is 15.2. The van der Waals surface area contributed by atoms with Crippen molar-refractivity contribution in [1.82, 2.24) is 9.88 Å². The van der Waals surface area contributed by atoms with Crippen LogP contribution in [0, 0.1) is 11.7 Å². The van der Waals surface area contributed by atoms with Crippen molar-refractivity contribution in [1.29, 1.82) is 0 Å². The van der Waals surface area contributed by atoms with Crippen LogP contribution in [0.1, 0.15) is 18.5 Å². The Bertz CT molecular complexity index is 769. The minimum absolute atomic E-state index is 0.000548. The van der Waals surface area contributed by atoms with E-state index in [0.29, 0.717) is 42.2 Å². The van der Waals surface area contributed by atoms with E-state index < -0.39 is 0 Å². The molecule has 1 amide bonds. The lowest BCUT2D eigenvalue weighted by molar-refractivity contribution is -0.148. The molecule has 1 aromatic heterocycles. The summed E-state index contributed by atoms with van der Waals surface area (Å²) in [5.41, 5.74) is 1.40. The molecule has 5 nitrogen and oxygen atoms in total. The Hall–Kier alpha value is -2.28. The van der Waals surface area contributed by atoms with Gasteiger partial charge >= 0.3 is 5.97 Å². The highest BCUT2D eigenvalue weighted by Crippen LogP contribution is 2.25. The Morgan fingerprint density at radius 2 is 2.12 bits per heavy atom. The summed E-state index contributed by atoms with van der Waals surface area (Å²) in [5.74, 6) is -0.627. The maximum Gasteiger partial charge on any atom is 0.308 e. The van der Waals surface area contributed by atoms with Gasteiger partial charge in [-0.3, -0.25) is 9.59 Å². The number of carbonyl (C=O) groups is 2. The molecule has 0 atom stereocenters. The molecule has 1 aromatic carbocycles. The minimum Gasteiger partial charge on any atom is -0.469 e. The molecule has 1 saturated heterocycles. The molecule has 1 aliphatic rings. The number of halogens is 1. The number of thiazole rings is 1. The van der Waals surface area contributed by atoms with E-state index in [-0.39, 0.29) is 30.0 Å². The standard InChI is InChI=1S/C18H19FN2O3S/c1-24-18(23)12-5-7-21(8-6-12)16(22)10-15-11-25-17(20-15)13-3-2-4-14(19)9-13/h2-4,9,11-12H,5-8,10H2,1H3. The fraction of sp³-hybridized carbons (Fsp3) is 0.389. The van der Waals surface area contributed by atoms with Crippen LogP contribution in [0.2, 0.25) is 0 Å². The van der Waals surface area contributed by atoms with Crippen LogP contribution in [0.3, 0.4) is 0 Å². The van der Waals surface area contributed by atoms with Crippen molar-refractivity contribution in [3.05, 3.63) is 41.2 Å². The van der Waals surface area contributed by atoms with Gasteiger partial charge in [0.25, 0.3) is 0 Å². The number of benzene rings is 1. The predicted molar refractivity (Wildman–Crippen MR) is 92.5 cm³/mol. The van der Waals surface area contributed by atoms with Gasteiger partial charge in [0.05, 0.1) is 25.1 Å². The second kappa shape index (κ2) is 7.74. The van der Waals surface area contributed by atoms with Crippen LogP contribution in [0.4, 0.5) is 4.39 Å². The molecule has 2 aromatic rings. The van der Waals surface area contributed by atoms with E-state index in [4.69, 9.17) is 4.74 Å². The third kappa shape index (κ3) is 4.22. The molecule has 1 fully saturated rings. The summed E-state index contributed by atoms with van der Waals surface area (Å²) in [6.45, 7) is 1.11. The van der Waals surface area contributed by atoms with E-state index in [1.54, 1.807) is 17.0 Å². The number of rotatable bonds is 4. The SMILES string of the molecule is COC(=O)C1CCN(C(=O)Cc2csc(-c3cccc(F)c3)n2)CC1. The highest BCUT2D eigenvalue weighted by atomic mass is 32.1. The monoisotopic (exact) mass is 362 g/mol. The van der Waals surface area contributed by atoms with Gasteiger partial charge < -0.3 is 9.64 Å². The third-order valence-corrected chi connectivity index (χ3v) is 5.28. The van der Waals surface area contributed by atoms with Gasteiger partial charge in [-0.15, -0.1) is 11.3 Å². The number of nitrogens with zero attached hydrogens (tertiary/aromatic N) is 2. The van der Waals surface area contributed by atoms with Gasteiger partial charge in [-0.1, -0.05) is 12.1 Å². The van der Waals surface area contributed by atoms with Crippen LogP contribution in [0.5, 0.6) is 0 Å². The molecule has 3 rings (SSSR count). The van der Waals surface area contributed by atoms with Crippen molar-refractivity contribution < 1.29 is 18.7 Å². The second-order valence-electron chi connectivity index (χ2n) is 6.01. The van der Waals surface area contributed by atoms with Crippen LogP contribution >= 0.6 is 11.3 Å². The molecule has 1 aliphatic heterocycles. The lowest BCUT2D eigenvalue weighted by Gasteiger charge is -2.30. The highest BCUT2D eigenvalue weighted by Gasteiger charge is 2.28. The summed E-state index contributed by atoms with van der Waals surface area (Å²) in [6.07, 6.45) is 1.47. The largest absolute Gasteiger partial charge is 0.469 e. The molecular formula is C18H19FN2O3S. The Morgan fingerprint density at radius 1 is 1.36 bits per heavy atom. The number of hydrogen-bond donors (Lipinski definition) is 0. The quantitative estimate of drug-likeness (QED) is 0.785. The van der Waals surface area contributed by atoms with E-state index >= 15 is 0 Å². The highest BCUT2D eigenvalue weighted by molar-refractivity contribution is 7.13. The number of esters is 1. The zero-order valence-corrected chi connectivity index (χ0v) is 14.7. The number of ether oxygens (including phenoxy) is 1. The average Bonchev–Trinajstić information content (AvgIpc) is 3.09. The lowest BCUT2D eigenvalue weighted by Crippen LogP contribution is -2.41. The number of aromatic nitrogens is 1. The lowest BCUT2D eigenvalue weighted by atomic mass is 9.97. The van der Waals surface area contributed by atoms with Gasteiger partial charge in [0.1, 0.15) is 10.8 Å². The van der Waals surface area contributed by atoms with Crippen molar-refractivity contribution in [2.24, 2.45) is 5.92 Å². The summed E-state index contributed by atoms with van der Waals surface area (Å²) >= 11 is 1.40. The molecule has 132 valence electrons. The molecular weight excluding hydrogens is 343 g/mol. The first-order valence-corrected chi connectivity index (χ1v) is 9.00. The van der Waals surface area contributed by atoms with E-state index in [2.05, 4.69) is 4.98 Å². The molecule has 7 heteroatoms. The van der Waals surface area contributed by atoms with Crippen molar-refractivity contribution in [3.63, 3.8) is 0 Å². The van der Waals surface area contributed by atoms with E-state index in [1.165, 1.54) is 30.6 Å². The first-order chi connectivity index (χ1) is 12.1. The van der Waals surface area contributed by atoms with Gasteiger partial charge in [0.2, 0.25) is 5.91 Å². The van der Waals surface area contributed by atoms with Crippen LogP contribution in [0.15, 0.2) is 29.6 Å². The summed E-state index contributed by atoms with van der Waals surface area (Å²) < 4.78 is 18.1. The fourth-order valence-electron chi connectivity index (χ4n) is 2.94. The van der Waals surface area contributed by atoms with Gasteiger partial charge in [0, 0.05) is 24.0 Å². The summed E-state index contributed by atoms with van der Waals surface area (Å²) in [6, 6.07) is 6.26. The number of likely N-dealkylation sites (tertiary alicyclic amines) is 1. The Balaban J connectivity index is 1.58. The van der Waals surface area contributed by atoms with Crippen LogP contribution < -0.4 is 0 Å². The van der Waals surface area contributed by atoms with Crippen molar-refractivity contribution in [3.8, 4) is 10.6 Å². The average molecular weight is 362 g/mol. The Labute approximate surface area is 149 Å². The summed E-state index contributed by atoms with van der Waals surface area (Å²) in [7, 11) is 1.39. The predicted octanol–water partition coefficient (Wildman–Crippen LogP) is 2.90. The molecule has 0 N–H and O–H groups in total. The van der Waals surface area contributed by atoms with Crippen molar-refractivity contribution in [2.75, 3.05) is 20.2 Å². The van der Waals surface area contributed by atoms with Crippen LogP contribution in [-0.4, -0.2) is 42.0 Å². The molecule has 0 spiro atoms. The van der Waals surface area contributed by atoms with Gasteiger partial charge in [0.15, 0.2) is 0 Å². The second-order valence-corrected chi connectivity index (χ2v) is 6.87. The van der Waals surface area contributed by atoms with Crippen molar-refractivity contribution in [2.45, 2.75) is 19.3 Å². The fourth-order valence-corrected chi connectivity index (χ4v) is 3.76. The molecule has 2 heterocycles. The zero-order valence-electron chi connectivity index (χ0n) is 13.9. The minimum atomic E-state index is -0.307. The molecule has 0 saturated carbocycles. The van der Waals surface area contributed by atoms with Crippen molar-refractivity contribution >= 4 is 23.2 Å². The van der Waals surface area contributed by atoms with E-state index in [0.717, 1.165) is 0 Å². The van der Waals surface area contributed by atoms with Gasteiger partial charge in [-0.2, -0.15) is 0 Å². The van der Waals surface area contributed by atoms with E-state index in [1.807, 2.05) is 5.38 Å². The number of amides is 1. The van der Waals surface area contributed by atoms with E-state index in [9.17, 15) is 14.0 Å². The molecule has 0 unspecified atom stereocenters.